The zero-order valence-corrected chi connectivity index (χ0v) is 11.4. The van der Waals surface area contributed by atoms with Gasteiger partial charge in [0.25, 0.3) is 0 Å². The van der Waals surface area contributed by atoms with E-state index in [4.69, 9.17) is 26.2 Å². The first-order valence-electron chi connectivity index (χ1n) is 5.75. The zero-order valence-electron chi connectivity index (χ0n) is 10.7. The first kappa shape index (κ1) is 14.1. The lowest BCUT2D eigenvalue weighted by molar-refractivity contribution is 0.0691. The van der Waals surface area contributed by atoms with Crippen molar-refractivity contribution in [1.82, 2.24) is 4.98 Å². The second-order valence-electron chi connectivity index (χ2n) is 3.91. The van der Waals surface area contributed by atoms with Gasteiger partial charge in [0.2, 0.25) is 5.88 Å². The number of carboxylic acids is 1. The van der Waals surface area contributed by atoms with E-state index in [1.165, 1.54) is 25.3 Å². The first-order chi connectivity index (χ1) is 9.60. The lowest BCUT2D eigenvalue weighted by atomic mass is 10.2. The van der Waals surface area contributed by atoms with Crippen molar-refractivity contribution in [3.8, 4) is 11.6 Å². The Balaban J connectivity index is 2.17. The highest BCUT2D eigenvalue weighted by atomic mass is 35.5. The van der Waals surface area contributed by atoms with Gasteiger partial charge in [-0.25, -0.2) is 9.78 Å². The molecule has 0 saturated carbocycles. The molecule has 1 heterocycles. The van der Waals surface area contributed by atoms with E-state index in [9.17, 15) is 4.79 Å². The Morgan fingerprint density at radius 2 is 2.15 bits per heavy atom. The van der Waals surface area contributed by atoms with Crippen molar-refractivity contribution < 1.29 is 19.4 Å². The Morgan fingerprint density at radius 3 is 2.85 bits per heavy atom. The van der Waals surface area contributed by atoms with E-state index in [1.807, 2.05) is 0 Å². The van der Waals surface area contributed by atoms with Gasteiger partial charge in [-0.3, -0.25) is 0 Å². The summed E-state index contributed by atoms with van der Waals surface area (Å²) in [7, 11) is 1.52. The molecule has 2 rings (SSSR count). The van der Waals surface area contributed by atoms with Crippen LogP contribution in [0.4, 0.5) is 0 Å². The number of rotatable bonds is 5. The molecule has 0 bridgehead atoms. The van der Waals surface area contributed by atoms with E-state index in [-0.39, 0.29) is 17.9 Å². The third-order valence-corrected chi connectivity index (χ3v) is 2.78. The fourth-order valence-corrected chi connectivity index (χ4v) is 1.76. The van der Waals surface area contributed by atoms with Crippen LogP contribution in [0.1, 0.15) is 16.1 Å². The highest BCUT2D eigenvalue weighted by Crippen LogP contribution is 2.24. The molecule has 0 aliphatic heterocycles. The molecule has 20 heavy (non-hydrogen) atoms. The topological polar surface area (TPSA) is 68.7 Å². The predicted molar refractivity (Wildman–Crippen MR) is 73.5 cm³/mol. The van der Waals surface area contributed by atoms with Crippen molar-refractivity contribution in [2.24, 2.45) is 0 Å². The maximum atomic E-state index is 11.1. The van der Waals surface area contributed by atoms with Crippen LogP contribution in [0.3, 0.4) is 0 Å². The molecule has 1 N–H and O–H groups in total. The van der Waals surface area contributed by atoms with Gasteiger partial charge in [-0.15, -0.1) is 0 Å². The summed E-state index contributed by atoms with van der Waals surface area (Å²) in [6.45, 7) is 0.123. The fraction of sp³-hybridized carbons (Fsp3) is 0.143. The molecule has 5 nitrogen and oxygen atoms in total. The average Bonchev–Trinajstić information content (AvgIpc) is 2.45. The summed E-state index contributed by atoms with van der Waals surface area (Å²) in [6, 6.07) is 9.62. The molecule has 0 atom stereocenters. The van der Waals surface area contributed by atoms with Crippen LogP contribution in [0, 0.1) is 0 Å². The molecule has 1 aromatic carbocycles. The van der Waals surface area contributed by atoms with Crippen LogP contribution in [0.25, 0.3) is 0 Å². The number of hydrogen-bond acceptors (Lipinski definition) is 4. The fourth-order valence-electron chi connectivity index (χ4n) is 1.60. The number of methoxy groups -OCH3 is 1. The van der Waals surface area contributed by atoms with Crippen molar-refractivity contribution in [3.05, 3.63) is 52.7 Å². The maximum absolute atomic E-state index is 11.1. The van der Waals surface area contributed by atoms with Crippen LogP contribution in [-0.4, -0.2) is 23.2 Å². The number of halogens is 1. The van der Waals surface area contributed by atoms with E-state index in [0.29, 0.717) is 16.6 Å². The van der Waals surface area contributed by atoms with Crippen molar-refractivity contribution in [2.45, 2.75) is 6.61 Å². The third-order valence-electron chi connectivity index (χ3n) is 2.54. The maximum Gasteiger partial charge on any atom is 0.339 e. The van der Waals surface area contributed by atoms with E-state index < -0.39 is 5.97 Å². The molecular weight excluding hydrogens is 282 g/mol. The van der Waals surface area contributed by atoms with Crippen LogP contribution >= 0.6 is 11.6 Å². The summed E-state index contributed by atoms with van der Waals surface area (Å²) >= 11 is 5.84. The largest absolute Gasteiger partial charge is 0.486 e. The molecule has 0 radical (unpaired) electrons. The normalized spacial score (nSPS) is 10.1. The Labute approximate surface area is 120 Å². The quantitative estimate of drug-likeness (QED) is 0.917. The predicted octanol–water partition coefficient (Wildman–Crippen LogP) is 3.02. The molecule has 0 unspecified atom stereocenters. The smallest absolute Gasteiger partial charge is 0.339 e. The van der Waals surface area contributed by atoms with Crippen molar-refractivity contribution in [2.75, 3.05) is 7.11 Å². The molecule has 0 aliphatic rings. The minimum atomic E-state index is -1.07. The average molecular weight is 294 g/mol. The Kier molecular flexibility index (Phi) is 4.42. The van der Waals surface area contributed by atoms with Crippen LogP contribution in [0.2, 0.25) is 5.02 Å². The monoisotopic (exact) mass is 293 g/mol. The van der Waals surface area contributed by atoms with E-state index in [0.717, 1.165) is 0 Å². The van der Waals surface area contributed by atoms with Crippen LogP contribution in [-0.2, 0) is 6.61 Å². The highest BCUT2D eigenvalue weighted by molar-refractivity contribution is 6.30. The standard InChI is InChI=1S/C14H12ClNO4/c1-19-13-4-2-3-10(16-13)8-20-12-7-9(15)5-6-11(12)14(17)18/h2-7H,8H2,1H3,(H,17,18). The number of aromatic nitrogens is 1. The Hall–Kier alpha value is -2.27. The van der Waals surface area contributed by atoms with Gasteiger partial charge in [0.05, 0.1) is 12.8 Å². The van der Waals surface area contributed by atoms with Crippen molar-refractivity contribution >= 4 is 17.6 Å². The molecule has 104 valence electrons. The van der Waals surface area contributed by atoms with Crippen LogP contribution in [0.5, 0.6) is 11.6 Å². The summed E-state index contributed by atoms with van der Waals surface area (Å²) in [5.74, 6) is -0.402. The number of hydrogen-bond donors (Lipinski definition) is 1. The molecule has 0 aliphatic carbocycles. The number of pyridine rings is 1. The molecule has 0 fully saturated rings. The summed E-state index contributed by atoms with van der Waals surface area (Å²) in [4.78, 5) is 15.3. The van der Waals surface area contributed by atoms with Gasteiger partial charge in [-0.1, -0.05) is 17.7 Å². The summed E-state index contributed by atoms with van der Waals surface area (Å²) < 4.78 is 10.5. The number of carbonyl (C=O) groups is 1. The van der Waals surface area contributed by atoms with Gasteiger partial charge >= 0.3 is 5.97 Å². The molecule has 6 heteroatoms. The molecule has 1 aromatic heterocycles. The number of ether oxygens (including phenoxy) is 2. The van der Waals surface area contributed by atoms with Crippen molar-refractivity contribution in [3.63, 3.8) is 0 Å². The second-order valence-corrected chi connectivity index (χ2v) is 4.34. The highest BCUT2D eigenvalue weighted by Gasteiger charge is 2.12. The van der Waals surface area contributed by atoms with E-state index in [1.54, 1.807) is 18.2 Å². The lowest BCUT2D eigenvalue weighted by Crippen LogP contribution is -2.04. The Bertz CT molecular complexity index is 630. The minimum absolute atomic E-state index is 0.0531. The SMILES string of the molecule is COc1cccc(COc2cc(Cl)ccc2C(=O)O)n1. The minimum Gasteiger partial charge on any atom is -0.486 e. The van der Waals surface area contributed by atoms with Gasteiger partial charge < -0.3 is 14.6 Å². The molecule has 0 amide bonds. The van der Waals surface area contributed by atoms with Gasteiger partial charge in [0, 0.05) is 11.1 Å². The lowest BCUT2D eigenvalue weighted by Gasteiger charge is -2.09. The van der Waals surface area contributed by atoms with E-state index >= 15 is 0 Å². The molecule has 2 aromatic rings. The number of benzene rings is 1. The first-order valence-corrected chi connectivity index (χ1v) is 6.13. The summed E-state index contributed by atoms with van der Waals surface area (Å²) in [5.41, 5.74) is 0.679. The molecule has 0 spiro atoms. The number of carboxylic acid groups (broad SMARTS) is 1. The number of nitrogens with zero attached hydrogens (tertiary/aromatic N) is 1. The molecular formula is C14H12ClNO4. The third kappa shape index (κ3) is 3.39. The summed E-state index contributed by atoms with van der Waals surface area (Å²) in [6.07, 6.45) is 0. The second kappa shape index (κ2) is 6.25. The van der Waals surface area contributed by atoms with E-state index in [2.05, 4.69) is 4.98 Å². The molecule has 0 saturated heterocycles. The summed E-state index contributed by atoms with van der Waals surface area (Å²) in [5, 5.41) is 9.48. The number of aromatic carboxylic acids is 1. The van der Waals surface area contributed by atoms with Crippen LogP contribution in [0.15, 0.2) is 36.4 Å². The van der Waals surface area contributed by atoms with Gasteiger partial charge in [-0.05, 0) is 24.3 Å². The van der Waals surface area contributed by atoms with Gasteiger partial charge in [0.15, 0.2) is 0 Å². The van der Waals surface area contributed by atoms with Gasteiger partial charge in [0.1, 0.15) is 17.9 Å². The zero-order chi connectivity index (χ0) is 14.5. The van der Waals surface area contributed by atoms with Crippen molar-refractivity contribution in [1.29, 1.82) is 0 Å². The van der Waals surface area contributed by atoms with Crippen LogP contribution < -0.4 is 9.47 Å². The van der Waals surface area contributed by atoms with Gasteiger partial charge in [-0.2, -0.15) is 0 Å². The Morgan fingerprint density at radius 1 is 1.35 bits per heavy atom.